The number of hydrogen-bond donors (Lipinski definition) is 0. The highest BCUT2D eigenvalue weighted by Crippen LogP contribution is 2.58. The SMILES string of the molecule is [3H]P(I)SOCCC1(S(=O)(=O)C2(CN3CCc4c(C(=O)OCC)nn(C)c4C3=O)CC2)CC1. The highest BCUT2D eigenvalue weighted by atomic mass is 127. The summed E-state index contributed by atoms with van der Waals surface area (Å²) in [5.41, 5.74) is 1.06. The zero-order valence-electron chi connectivity index (χ0n) is 19.0. The van der Waals surface area contributed by atoms with Crippen molar-refractivity contribution >= 4 is 60.8 Å². The van der Waals surface area contributed by atoms with Gasteiger partial charge in [0.2, 0.25) is 0 Å². The van der Waals surface area contributed by atoms with Crippen LogP contribution in [0.5, 0.6) is 0 Å². The van der Waals surface area contributed by atoms with E-state index in [9.17, 15) is 18.0 Å². The second-order valence-electron chi connectivity index (χ2n) is 8.58. The maximum Gasteiger partial charge on any atom is 0.359 e. The van der Waals surface area contributed by atoms with Gasteiger partial charge in [-0.25, -0.2) is 13.2 Å². The normalized spacial score (nSPS) is 22.2. The molecule has 1 unspecified atom stereocenters. The number of nitrogens with zero attached hydrogens (tertiary/aromatic N) is 3. The van der Waals surface area contributed by atoms with Crippen LogP contribution in [0.15, 0.2) is 0 Å². The number of hydrogen-bond acceptors (Lipinski definition) is 8. The third-order valence-corrected chi connectivity index (χ3v) is 12.4. The second-order valence-corrected chi connectivity index (χ2v) is 16.2. The molecule has 0 radical (unpaired) electrons. The Labute approximate surface area is 208 Å². The first-order valence-corrected chi connectivity index (χ1v) is 17.1. The first-order chi connectivity index (χ1) is 15.6. The molecule has 2 heterocycles. The maximum absolute atomic E-state index is 13.7. The molecule has 178 valence electrons. The predicted molar refractivity (Wildman–Crippen MR) is 132 cm³/mol. The molecule has 1 amide bonds. The summed E-state index contributed by atoms with van der Waals surface area (Å²) in [5.74, 6) is -0.841. The molecule has 0 N–H and O–H groups in total. The molecule has 1 aliphatic heterocycles. The van der Waals surface area contributed by atoms with E-state index in [1.807, 2.05) is 22.0 Å². The van der Waals surface area contributed by atoms with Crippen molar-refractivity contribution in [2.45, 2.75) is 54.9 Å². The number of carbonyl (C=O) groups is 2. The highest BCUT2D eigenvalue weighted by molar-refractivity contribution is 14.2. The van der Waals surface area contributed by atoms with Crippen LogP contribution in [0.3, 0.4) is 0 Å². The van der Waals surface area contributed by atoms with Crippen molar-refractivity contribution in [1.29, 1.82) is 1.28 Å². The fourth-order valence-electron chi connectivity index (χ4n) is 4.62. The maximum atomic E-state index is 13.7. The van der Waals surface area contributed by atoms with Crippen molar-refractivity contribution in [2.75, 3.05) is 26.3 Å². The fraction of sp³-hybridized carbons (Fsp3) is 0.737. The zero-order valence-corrected chi connectivity index (χ0v) is 22.7. The van der Waals surface area contributed by atoms with E-state index in [4.69, 9.17) is 10.2 Å². The van der Waals surface area contributed by atoms with Gasteiger partial charge in [-0.2, -0.15) is 5.10 Å². The number of rotatable bonds is 11. The van der Waals surface area contributed by atoms with Crippen molar-refractivity contribution in [3.05, 3.63) is 17.0 Å². The van der Waals surface area contributed by atoms with E-state index >= 15 is 0 Å². The number of aryl methyl sites for hydroxylation is 1. The van der Waals surface area contributed by atoms with Crippen LogP contribution in [-0.2, 0) is 32.2 Å². The Balaban J connectivity index is 1.48. The molecule has 2 aliphatic carbocycles. The summed E-state index contributed by atoms with van der Waals surface area (Å²) >= 11 is 3.08. The molecule has 3 aliphatic rings. The minimum Gasteiger partial charge on any atom is -0.461 e. The fourth-order valence-corrected chi connectivity index (χ4v) is 9.06. The van der Waals surface area contributed by atoms with Gasteiger partial charge in [-0.3, -0.25) is 9.48 Å². The lowest BCUT2D eigenvalue weighted by atomic mass is 10.0. The molecule has 1 atom stereocenters. The summed E-state index contributed by atoms with van der Waals surface area (Å²) < 4.78 is 45.1. The molecule has 0 aromatic carbocycles. The lowest BCUT2D eigenvalue weighted by molar-refractivity contribution is 0.0517. The summed E-state index contributed by atoms with van der Waals surface area (Å²) in [6, 6.07) is 0. The molecule has 2 fully saturated rings. The summed E-state index contributed by atoms with van der Waals surface area (Å²) in [7, 11) is -1.85. The van der Waals surface area contributed by atoms with Gasteiger partial charge in [-0.15, -0.1) is 0 Å². The Hall–Kier alpha value is -0.430. The van der Waals surface area contributed by atoms with Gasteiger partial charge in [0.25, 0.3) is 5.91 Å². The van der Waals surface area contributed by atoms with Crippen molar-refractivity contribution in [1.82, 2.24) is 14.7 Å². The molecule has 13 heteroatoms. The van der Waals surface area contributed by atoms with Crippen LogP contribution in [0.2, 0.25) is 0 Å². The minimum absolute atomic E-state index is 0.161. The average Bonchev–Trinajstić information content (AvgIpc) is 3.67. The average molecular weight is 617 g/mol. The number of amides is 1. The van der Waals surface area contributed by atoms with Crippen LogP contribution in [0.1, 0.15) is 65.6 Å². The standard InChI is InChI=1S/C19H27IN3O6PS2/c1-3-28-17(25)14-13-4-10-23(16(24)15(13)22(2)21-14)12-19(7-8-19)32(26,27)18(5-6-18)9-11-29-31-30-20/h30H,3-12H2,1-2H3/i30T. The van der Waals surface area contributed by atoms with Crippen LogP contribution in [0.4, 0.5) is 0 Å². The number of aromatic nitrogens is 2. The van der Waals surface area contributed by atoms with Gasteiger partial charge in [0.05, 0.1) is 24.0 Å². The van der Waals surface area contributed by atoms with Crippen LogP contribution in [0, 0.1) is 0 Å². The van der Waals surface area contributed by atoms with Gasteiger partial charge in [0.15, 0.2) is 15.5 Å². The van der Waals surface area contributed by atoms with Gasteiger partial charge < -0.3 is 13.8 Å². The summed E-state index contributed by atoms with van der Waals surface area (Å²) in [4.78, 5) is 27.1. The minimum atomic E-state index is -3.47. The Morgan fingerprint density at radius 3 is 2.62 bits per heavy atom. The van der Waals surface area contributed by atoms with Crippen LogP contribution in [0.25, 0.3) is 0 Å². The Kier molecular flexibility index (Phi) is 6.79. The highest BCUT2D eigenvalue weighted by Gasteiger charge is 2.67. The van der Waals surface area contributed by atoms with Gasteiger partial charge in [-0.05, 0) is 67.5 Å². The van der Waals surface area contributed by atoms with Crippen molar-refractivity contribution < 1.29 is 26.9 Å². The molecule has 2 saturated carbocycles. The zero-order chi connectivity index (χ0) is 24.0. The Morgan fingerprint density at radius 1 is 1.34 bits per heavy atom. The molecule has 4 rings (SSSR count). The van der Waals surface area contributed by atoms with E-state index in [2.05, 4.69) is 5.10 Å². The van der Waals surface area contributed by atoms with Crippen LogP contribution >= 0.6 is 39.1 Å². The molecular formula is C19H27IN3O6PS2. The van der Waals surface area contributed by atoms with Crippen molar-refractivity contribution in [3.8, 4) is 0 Å². The summed E-state index contributed by atoms with van der Waals surface area (Å²) in [6.07, 6.45) is 3.19. The molecule has 0 saturated heterocycles. The first-order valence-electron chi connectivity index (χ1n) is 11.0. The summed E-state index contributed by atoms with van der Waals surface area (Å²) in [5, 5.41) is 3.18. The largest absolute Gasteiger partial charge is 0.461 e. The van der Waals surface area contributed by atoms with Gasteiger partial charge in [0.1, 0.15) is 5.69 Å². The molecule has 0 bridgehead atoms. The predicted octanol–water partition coefficient (Wildman–Crippen LogP) is 3.07. The molecule has 1 aromatic heterocycles. The number of halogens is 1. The van der Waals surface area contributed by atoms with E-state index in [0.29, 0.717) is 62.9 Å². The van der Waals surface area contributed by atoms with E-state index in [1.54, 1.807) is 18.9 Å². The summed E-state index contributed by atoms with van der Waals surface area (Å²) in [6.45, 7) is 2.74. The molecule has 9 nitrogen and oxygen atoms in total. The first kappa shape index (κ1) is 23.3. The van der Waals surface area contributed by atoms with E-state index < -0.39 is 30.7 Å². The molecule has 0 spiro atoms. The Morgan fingerprint density at radius 2 is 2.03 bits per heavy atom. The van der Waals surface area contributed by atoms with E-state index in [-0.39, 0.29) is 24.8 Å². The number of carbonyl (C=O) groups excluding carboxylic acids is 2. The second kappa shape index (κ2) is 9.31. The quantitative estimate of drug-likeness (QED) is 0.123. The number of ether oxygens (including phenoxy) is 1. The van der Waals surface area contributed by atoms with E-state index in [0.717, 1.165) is 11.7 Å². The lowest BCUT2D eigenvalue weighted by Crippen LogP contribution is -2.48. The lowest BCUT2D eigenvalue weighted by Gasteiger charge is -2.32. The molecular weight excluding hydrogens is 588 g/mol. The smallest absolute Gasteiger partial charge is 0.359 e. The van der Waals surface area contributed by atoms with Crippen molar-refractivity contribution in [2.24, 2.45) is 7.05 Å². The topological polar surface area (TPSA) is 108 Å². The van der Waals surface area contributed by atoms with Gasteiger partial charge in [-0.1, -0.05) is 0 Å². The third-order valence-electron chi connectivity index (χ3n) is 6.69. The van der Waals surface area contributed by atoms with Gasteiger partial charge in [0, 0.05) is 42.7 Å². The Bertz CT molecular complexity index is 1060. The molecule has 1 aromatic rings. The monoisotopic (exact) mass is 617 g/mol. The number of fused-ring (bicyclic) bond motifs is 1. The van der Waals surface area contributed by atoms with Crippen molar-refractivity contribution in [3.63, 3.8) is 0 Å². The number of esters is 1. The van der Waals surface area contributed by atoms with E-state index in [1.165, 1.54) is 4.68 Å². The molecule has 32 heavy (non-hydrogen) atoms. The van der Waals surface area contributed by atoms with Crippen LogP contribution in [-0.4, -0.2) is 72.1 Å². The third kappa shape index (κ3) is 4.23. The number of sulfone groups is 1. The van der Waals surface area contributed by atoms with Gasteiger partial charge >= 0.3 is 5.97 Å². The van der Waals surface area contributed by atoms with Crippen LogP contribution < -0.4 is 0 Å².